The zero-order chi connectivity index (χ0) is 13.8. The second kappa shape index (κ2) is 5.29. The number of hydrogen-bond donors (Lipinski definition) is 3. The van der Waals surface area contributed by atoms with Crippen molar-refractivity contribution in [2.24, 2.45) is 7.05 Å². The summed E-state index contributed by atoms with van der Waals surface area (Å²) in [6, 6.07) is 0. The van der Waals surface area contributed by atoms with Crippen molar-refractivity contribution in [2.45, 2.75) is 6.42 Å². The number of aromatic nitrogens is 5. The normalized spacial score (nSPS) is 10.4. The Morgan fingerprint density at radius 3 is 2.95 bits per heavy atom. The highest BCUT2D eigenvalue weighted by molar-refractivity contribution is 6.02. The topological polar surface area (TPSA) is 126 Å². The highest BCUT2D eigenvalue weighted by Gasteiger charge is 2.19. The minimum absolute atomic E-state index is 0.134. The molecule has 2 rings (SSSR count). The van der Waals surface area contributed by atoms with Crippen LogP contribution in [-0.4, -0.2) is 48.3 Å². The van der Waals surface area contributed by atoms with Crippen molar-refractivity contribution in [2.75, 3.05) is 6.54 Å². The number of nitrogens with one attached hydrogen (secondary N) is 2. The predicted octanol–water partition coefficient (Wildman–Crippen LogP) is -0.791. The van der Waals surface area contributed by atoms with Crippen LogP contribution in [0.15, 0.2) is 12.7 Å². The lowest BCUT2D eigenvalue weighted by molar-refractivity contribution is 0.0685. The molecule has 3 N–H and O–H groups in total. The number of aromatic carboxylic acids is 1. The third-order valence-electron chi connectivity index (χ3n) is 2.51. The van der Waals surface area contributed by atoms with Crippen molar-refractivity contribution >= 4 is 11.9 Å². The molecule has 0 saturated carbocycles. The highest BCUT2D eigenvalue weighted by atomic mass is 16.4. The predicted molar refractivity (Wildman–Crippen MR) is 62.6 cm³/mol. The number of amides is 1. The minimum Gasteiger partial charge on any atom is -0.477 e. The van der Waals surface area contributed by atoms with Gasteiger partial charge in [-0.1, -0.05) is 0 Å². The van der Waals surface area contributed by atoms with E-state index in [0.29, 0.717) is 13.0 Å². The summed E-state index contributed by atoms with van der Waals surface area (Å²) in [6.45, 7) is 0.317. The van der Waals surface area contributed by atoms with Gasteiger partial charge in [0.25, 0.3) is 5.91 Å². The minimum atomic E-state index is -1.23. The van der Waals surface area contributed by atoms with Gasteiger partial charge in [0, 0.05) is 20.0 Å². The number of carboxylic acid groups (broad SMARTS) is 1. The fourth-order valence-electron chi connectivity index (χ4n) is 1.53. The van der Waals surface area contributed by atoms with Gasteiger partial charge in [0.1, 0.15) is 12.2 Å². The number of hydrogen-bond acceptors (Lipinski definition) is 5. The van der Waals surface area contributed by atoms with Crippen molar-refractivity contribution in [3.8, 4) is 0 Å². The SMILES string of the molecule is Cn1cnnc1CCNC(=O)c1nc[nH]c1C(=O)O. The van der Waals surface area contributed by atoms with E-state index in [9.17, 15) is 9.59 Å². The van der Waals surface area contributed by atoms with Gasteiger partial charge in [-0.3, -0.25) is 4.79 Å². The van der Waals surface area contributed by atoms with Crippen molar-refractivity contribution in [1.29, 1.82) is 0 Å². The summed E-state index contributed by atoms with van der Waals surface area (Å²) in [7, 11) is 1.80. The van der Waals surface area contributed by atoms with Crippen LogP contribution >= 0.6 is 0 Å². The van der Waals surface area contributed by atoms with Gasteiger partial charge in [0.15, 0.2) is 11.4 Å². The summed E-state index contributed by atoms with van der Waals surface area (Å²) in [5.41, 5.74) is -0.360. The Morgan fingerprint density at radius 1 is 1.53 bits per heavy atom. The third-order valence-corrected chi connectivity index (χ3v) is 2.51. The van der Waals surface area contributed by atoms with Crippen LogP contribution in [-0.2, 0) is 13.5 Å². The molecule has 2 aromatic heterocycles. The molecule has 0 saturated heterocycles. The molecule has 0 aliphatic carbocycles. The molecule has 100 valence electrons. The van der Waals surface area contributed by atoms with E-state index in [4.69, 9.17) is 5.11 Å². The van der Waals surface area contributed by atoms with Crippen LogP contribution < -0.4 is 5.32 Å². The monoisotopic (exact) mass is 264 g/mol. The van der Waals surface area contributed by atoms with Crippen molar-refractivity contribution in [1.82, 2.24) is 30.0 Å². The van der Waals surface area contributed by atoms with Crippen LogP contribution in [0.3, 0.4) is 0 Å². The number of H-pyrrole nitrogens is 1. The molecule has 0 unspecified atom stereocenters. The summed E-state index contributed by atoms with van der Waals surface area (Å²) in [4.78, 5) is 28.7. The summed E-state index contributed by atoms with van der Waals surface area (Å²) in [6.07, 6.45) is 3.23. The Hall–Kier alpha value is -2.71. The Balaban J connectivity index is 1.93. The van der Waals surface area contributed by atoms with Crippen molar-refractivity contribution < 1.29 is 14.7 Å². The van der Waals surface area contributed by atoms with Crippen LogP contribution in [0.4, 0.5) is 0 Å². The molecule has 0 atom stereocenters. The van der Waals surface area contributed by atoms with Gasteiger partial charge in [-0.05, 0) is 0 Å². The largest absolute Gasteiger partial charge is 0.477 e. The zero-order valence-corrected chi connectivity index (χ0v) is 10.1. The van der Waals surface area contributed by atoms with E-state index in [1.807, 2.05) is 0 Å². The lowest BCUT2D eigenvalue weighted by Crippen LogP contribution is -2.28. The summed E-state index contributed by atoms with van der Waals surface area (Å²) < 4.78 is 1.74. The van der Waals surface area contributed by atoms with E-state index in [-0.39, 0.29) is 11.4 Å². The van der Waals surface area contributed by atoms with Gasteiger partial charge in [0.2, 0.25) is 0 Å². The van der Waals surface area contributed by atoms with Crippen molar-refractivity contribution in [3.63, 3.8) is 0 Å². The number of carbonyl (C=O) groups excluding carboxylic acids is 1. The van der Waals surface area contributed by atoms with Gasteiger partial charge in [0.05, 0.1) is 6.33 Å². The average Bonchev–Trinajstić information content (AvgIpc) is 2.98. The van der Waals surface area contributed by atoms with E-state index < -0.39 is 11.9 Å². The fraction of sp³-hybridized carbons (Fsp3) is 0.300. The molecule has 2 aromatic rings. The smallest absolute Gasteiger partial charge is 0.354 e. The molecule has 0 aliphatic rings. The fourth-order valence-corrected chi connectivity index (χ4v) is 1.53. The van der Waals surface area contributed by atoms with E-state index in [2.05, 4.69) is 25.5 Å². The lowest BCUT2D eigenvalue weighted by Gasteiger charge is -2.03. The Morgan fingerprint density at radius 2 is 2.32 bits per heavy atom. The van der Waals surface area contributed by atoms with Crippen LogP contribution in [0.2, 0.25) is 0 Å². The number of carboxylic acids is 1. The molecule has 0 radical (unpaired) electrons. The van der Waals surface area contributed by atoms with Crippen LogP contribution in [0, 0.1) is 0 Å². The molecular weight excluding hydrogens is 252 g/mol. The average molecular weight is 264 g/mol. The third kappa shape index (κ3) is 2.76. The molecule has 9 nitrogen and oxygen atoms in total. The quantitative estimate of drug-likeness (QED) is 0.649. The number of rotatable bonds is 5. The summed E-state index contributed by atoms with van der Waals surface area (Å²) in [5.74, 6) is -1.04. The molecule has 0 aromatic carbocycles. The van der Waals surface area contributed by atoms with E-state index in [1.165, 1.54) is 6.33 Å². The maximum atomic E-state index is 11.7. The first kappa shape index (κ1) is 12.7. The first-order chi connectivity index (χ1) is 9.09. The van der Waals surface area contributed by atoms with E-state index in [0.717, 1.165) is 5.82 Å². The number of aryl methyl sites for hydroxylation is 1. The van der Waals surface area contributed by atoms with Gasteiger partial charge in [-0.15, -0.1) is 10.2 Å². The molecule has 0 spiro atoms. The standard InChI is InChI=1S/C10H12N6O3/c1-16-5-14-15-6(16)2-3-11-9(17)7-8(10(18)19)13-4-12-7/h4-5H,2-3H2,1H3,(H,11,17)(H,12,13)(H,18,19). The van der Waals surface area contributed by atoms with Crippen LogP contribution in [0.1, 0.15) is 26.8 Å². The highest BCUT2D eigenvalue weighted by Crippen LogP contribution is 2.02. The Kier molecular flexibility index (Phi) is 3.55. The van der Waals surface area contributed by atoms with Crippen LogP contribution in [0.5, 0.6) is 0 Å². The van der Waals surface area contributed by atoms with E-state index >= 15 is 0 Å². The Labute approximate surface area is 107 Å². The number of nitrogens with zero attached hydrogens (tertiary/aromatic N) is 4. The molecule has 19 heavy (non-hydrogen) atoms. The maximum Gasteiger partial charge on any atom is 0.354 e. The molecule has 2 heterocycles. The lowest BCUT2D eigenvalue weighted by atomic mass is 10.3. The molecule has 0 bridgehead atoms. The zero-order valence-electron chi connectivity index (χ0n) is 10.1. The van der Waals surface area contributed by atoms with Gasteiger partial charge >= 0.3 is 5.97 Å². The van der Waals surface area contributed by atoms with Gasteiger partial charge in [-0.25, -0.2) is 9.78 Å². The maximum absolute atomic E-state index is 11.7. The molecule has 9 heteroatoms. The molecule has 0 fully saturated rings. The Bertz CT molecular complexity index is 602. The van der Waals surface area contributed by atoms with Gasteiger partial charge in [-0.2, -0.15) is 0 Å². The first-order valence-corrected chi connectivity index (χ1v) is 5.47. The second-order valence-electron chi connectivity index (χ2n) is 3.80. The number of carbonyl (C=O) groups is 2. The van der Waals surface area contributed by atoms with Crippen LogP contribution in [0.25, 0.3) is 0 Å². The summed E-state index contributed by atoms with van der Waals surface area (Å²) >= 11 is 0. The van der Waals surface area contributed by atoms with E-state index in [1.54, 1.807) is 17.9 Å². The molecular formula is C10H12N6O3. The molecule has 1 amide bonds. The van der Waals surface area contributed by atoms with Crippen molar-refractivity contribution in [3.05, 3.63) is 29.9 Å². The molecule has 0 aliphatic heterocycles. The number of imidazole rings is 1. The number of aromatic amines is 1. The summed E-state index contributed by atoms with van der Waals surface area (Å²) in [5, 5.41) is 19.0. The van der Waals surface area contributed by atoms with Gasteiger partial charge < -0.3 is 20.0 Å². The first-order valence-electron chi connectivity index (χ1n) is 5.47. The second-order valence-corrected chi connectivity index (χ2v) is 3.80.